The molecule has 0 aromatic carbocycles. The summed E-state index contributed by atoms with van der Waals surface area (Å²) in [6.45, 7) is 4.60. The number of nitrogens with zero attached hydrogens (tertiary/aromatic N) is 2. The molecule has 2 rings (SSSR count). The van der Waals surface area contributed by atoms with Gasteiger partial charge in [-0.1, -0.05) is 6.07 Å². The molecule has 22 heavy (non-hydrogen) atoms. The van der Waals surface area contributed by atoms with E-state index >= 15 is 0 Å². The third-order valence-electron chi connectivity index (χ3n) is 4.03. The third kappa shape index (κ3) is 4.96. The zero-order chi connectivity index (χ0) is 15.8. The lowest BCUT2D eigenvalue weighted by molar-refractivity contribution is -0.124. The number of methoxy groups -OCH3 is 1. The molecule has 0 aliphatic carbocycles. The zero-order valence-corrected chi connectivity index (χ0v) is 13.2. The smallest absolute Gasteiger partial charge is 0.250 e. The Balaban J connectivity index is 1.64. The number of likely N-dealkylation sites (tertiary alicyclic amines) is 1. The van der Waals surface area contributed by atoms with Crippen molar-refractivity contribution in [1.29, 1.82) is 0 Å². The first-order valence-electron chi connectivity index (χ1n) is 7.85. The molecule has 0 unspecified atom stereocenters. The molecule has 1 fully saturated rings. The molecular formula is C16H25N3O3. The van der Waals surface area contributed by atoms with Crippen LogP contribution in [0.4, 0.5) is 0 Å². The van der Waals surface area contributed by atoms with Crippen LogP contribution in [-0.2, 0) is 16.1 Å². The summed E-state index contributed by atoms with van der Waals surface area (Å²) in [5, 5.41) is 2.98. The van der Waals surface area contributed by atoms with Crippen molar-refractivity contribution in [3.63, 3.8) is 0 Å². The van der Waals surface area contributed by atoms with Crippen molar-refractivity contribution in [3.8, 4) is 0 Å². The normalized spacial score (nSPS) is 18.5. The van der Waals surface area contributed by atoms with Gasteiger partial charge in [0.15, 0.2) is 0 Å². The van der Waals surface area contributed by atoms with Crippen molar-refractivity contribution >= 4 is 5.91 Å². The Hall–Kier alpha value is -1.66. The molecule has 1 aromatic rings. The van der Waals surface area contributed by atoms with E-state index in [1.807, 2.05) is 6.07 Å². The second kappa shape index (κ2) is 8.70. The number of aromatic nitrogens is 1. The van der Waals surface area contributed by atoms with Gasteiger partial charge in [0, 0.05) is 45.6 Å². The maximum atomic E-state index is 12.1. The second-order valence-corrected chi connectivity index (χ2v) is 5.66. The molecule has 0 bridgehead atoms. The minimum Gasteiger partial charge on any atom is -0.383 e. The van der Waals surface area contributed by atoms with Gasteiger partial charge in [0.05, 0.1) is 12.5 Å². The van der Waals surface area contributed by atoms with Gasteiger partial charge in [-0.15, -0.1) is 0 Å². The van der Waals surface area contributed by atoms with E-state index in [9.17, 15) is 9.59 Å². The van der Waals surface area contributed by atoms with Crippen LogP contribution in [0.1, 0.15) is 12.8 Å². The lowest BCUT2D eigenvalue weighted by Gasteiger charge is -2.15. The number of pyridine rings is 1. The first kappa shape index (κ1) is 16.7. The third-order valence-corrected chi connectivity index (χ3v) is 4.03. The molecule has 0 saturated carbocycles. The van der Waals surface area contributed by atoms with Gasteiger partial charge in [0.25, 0.3) is 0 Å². The average molecular weight is 307 g/mol. The molecule has 6 heteroatoms. The molecule has 0 radical (unpaired) electrons. The number of aryl methyl sites for hydroxylation is 1. The number of amides is 1. The summed E-state index contributed by atoms with van der Waals surface area (Å²) < 4.78 is 6.72. The molecule has 122 valence electrons. The minimum atomic E-state index is -0.00148. The Morgan fingerprint density at radius 2 is 2.27 bits per heavy atom. The maximum Gasteiger partial charge on any atom is 0.250 e. The van der Waals surface area contributed by atoms with Gasteiger partial charge >= 0.3 is 0 Å². The summed E-state index contributed by atoms with van der Waals surface area (Å²) in [5.74, 6) is 0.205. The van der Waals surface area contributed by atoms with Gasteiger partial charge in [-0.25, -0.2) is 0 Å². The molecule has 2 heterocycles. The first-order chi connectivity index (χ1) is 10.7. The fraction of sp³-hybridized carbons (Fsp3) is 0.625. The van der Waals surface area contributed by atoms with Crippen molar-refractivity contribution in [2.24, 2.45) is 5.92 Å². The van der Waals surface area contributed by atoms with E-state index in [1.165, 1.54) is 0 Å². The predicted octanol–water partition coefficient (Wildman–Crippen LogP) is 0.323. The number of ether oxygens (including phenoxy) is 1. The molecule has 1 amide bonds. The van der Waals surface area contributed by atoms with E-state index in [2.05, 4.69) is 10.2 Å². The monoisotopic (exact) mass is 307 g/mol. The van der Waals surface area contributed by atoms with Gasteiger partial charge in [0.2, 0.25) is 11.5 Å². The van der Waals surface area contributed by atoms with Crippen LogP contribution in [0.5, 0.6) is 0 Å². The molecule has 1 aliphatic heterocycles. The van der Waals surface area contributed by atoms with Crippen molar-refractivity contribution in [3.05, 3.63) is 34.7 Å². The zero-order valence-electron chi connectivity index (χ0n) is 13.2. The average Bonchev–Trinajstić information content (AvgIpc) is 3.00. The predicted molar refractivity (Wildman–Crippen MR) is 84.8 cm³/mol. The Kier molecular flexibility index (Phi) is 6.61. The number of hydrogen-bond acceptors (Lipinski definition) is 4. The lowest BCUT2D eigenvalue weighted by atomic mass is 10.1. The summed E-state index contributed by atoms with van der Waals surface area (Å²) in [5.41, 5.74) is -0.00148. The van der Waals surface area contributed by atoms with Crippen LogP contribution in [0.3, 0.4) is 0 Å². The van der Waals surface area contributed by atoms with Crippen LogP contribution in [0, 0.1) is 5.92 Å². The molecule has 1 aliphatic rings. The molecule has 1 N–H and O–H groups in total. The Morgan fingerprint density at radius 1 is 1.41 bits per heavy atom. The van der Waals surface area contributed by atoms with Gasteiger partial charge in [-0.2, -0.15) is 0 Å². The maximum absolute atomic E-state index is 12.1. The Labute approximate surface area is 131 Å². The standard InChI is InChI=1S/C16H25N3O3/c1-22-12-11-18-10-6-14(13-18)16(21)17-7-4-9-19-8-3-2-5-15(19)20/h2-3,5,8,14H,4,6-7,9-13H2,1H3,(H,17,21)/t14-/m1/s1. The number of nitrogens with one attached hydrogen (secondary N) is 1. The Bertz CT molecular complexity index is 529. The molecule has 1 atom stereocenters. The van der Waals surface area contributed by atoms with Crippen LogP contribution in [0.2, 0.25) is 0 Å². The van der Waals surface area contributed by atoms with E-state index in [0.717, 1.165) is 32.5 Å². The van der Waals surface area contributed by atoms with Crippen LogP contribution in [0.25, 0.3) is 0 Å². The number of rotatable bonds is 8. The van der Waals surface area contributed by atoms with Crippen molar-refractivity contribution in [2.45, 2.75) is 19.4 Å². The fourth-order valence-corrected chi connectivity index (χ4v) is 2.72. The summed E-state index contributed by atoms with van der Waals surface area (Å²) in [6.07, 6.45) is 3.44. The highest BCUT2D eigenvalue weighted by Gasteiger charge is 2.27. The van der Waals surface area contributed by atoms with Crippen molar-refractivity contribution < 1.29 is 9.53 Å². The van der Waals surface area contributed by atoms with Crippen molar-refractivity contribution in [1.82, 2.24) is 14.8 Å². The summed E-state index contributed by atoms with van der Waals surface area (Å²) >= 11 is 0. The summed E-state index contributed by atoms with van der Waals surface area (Å²) in [6, 6.07) is 5.12. The molecular weight excluding hydrogens is 282 g/mol. The highest BCUT2D eigenvalue weighted by atomic mass is 16.5. The highest BCUT2D eigenvalue weighted by molar-refractivity contribution is 5.79. The van der Waals surface area contributed by atoms with Crippen LogP contribution >= 0.6 is 0 Å². The van der Waals surface area contributed by atoms with Gasteiger partial charge in [0.1, 0.15) is 0 Å². The van der Waals surface area contributed by atoms with Crippen LogP contribution < -0.4 is 10.9 Å². The van der Waals surface area contributed by atoms with E-state index in [-0.39, 0.29) is 17.4 Å². The van der Waals surface area contributed by atoms with Crippen LogP contribution in [-0.4, -0.2) is 55.3 Å². The molecule has 6 nitrogen and oxygen atoms in total. The quantitative estimate of drug-likeness (QED) is 0.703. The fourth-order valence-electron chi connectivity index (χ4n) is 2.72. The number of carbonyl (C=O) groups is 1. The van der Waals surface area contributed by atoms with E-state index < -0.39 is 0 Å². The minimum absolute atomic E-state index is 0.00148. The van der Waals surface area contributed by atoms with E-state index in [0.29, 0.717) is 19.7 Å². The molecule has 0 spiro atoms. The highest BCUT2D eigenvalue weighted by Crippen LogP contribution is 2.15. The van der Waals surface area contributed by atoms with Gasteiger partial charge in [-0.05, 0) is 25.5 Å². The lowest BCUT2D eigenvalue weighted by Crippen LogP contribution is -2.34. The SMILES string of the molecule is COCCN1CC[C@@H](C(=O)NCCCn2ccccc2=O)C1. The van der Waals surface area contributed by atoms with Crippen molar-refractivity contribution in [2.75, 3.05) is 39.9 Å². The van der Waals surface area contributed by atoms with Gasteiger partial charge in [-0.3, -0.25) is 9.59 Å². The molecule has 1 saturated heterocycles. The van der Waals surface area contributed by atoms with E-state index in [4.69, 9.17) is 4.74 Å². The summed E-state index contributed by atoms with van der Waals surface area (Å²) in [4.78, 5) is 25.9. The van der Waals surface area contributed by atoms with Gasteiger partial charge < -0.3 is 19.5 Å². The number of carbonyl (C=O) groups excluding carboxylic acids is 1. The second-order valence-electron chi connectivity index (χ2n) is 5.66. The van der Waals surface area contributed by atoms with Crippen LogP contribution in [0.15, 0.2) is 29.2 Å². The molecule has 1 aromatic heterocycles. The number of hydrogen-bond donors (Lipinski definition) is 1. The first-order valence-corrected chi connectivity index (χ1v) is 7.85. The largest absolute Gasteiger partial charge is 0.383 e. The summed E-state index contributed by atoms with van der Waals surface area (Å²) in [7, 11) is 1.69. The topological polar surface area (TPSA) is 63.6 Å². The Morgan fingerprint density at radius 3 is 3.05 bits per heavy atom. The van der Waals surface area contributed by atoms with E-state index in [1.54, 1.807) is 30.0 Å².